The fourth-order valence-corrected chi connectivity index (χ4v) is 0.652. The van der Waals surface area contributed by atoms with Crippen LogP contribution in [0.5, 0.6) is 5.75 Å². The first-order chi connectivity index (χ1) is 5.33. The van der Waals surface area contributed by atoms with Gasteiger partial charge in [-0.2, -0.15) is 0 Å². The van der Waals surface area contributed by atoms with E-state index in [1.54, 1.807) is 24.3 Å². The number of benzene rings is 1. The maximum atomic E-state index is 10.5. The Hall–Kier alpha value is 0.286. The first-order valence-electron chi connectivity index (χ1n) is 3.19. The van der Waals surface area contributed by atoms with Crippen molar-refractivity contribution in [3.63, 3.8) is 0 Å². The topological polar surface area (TPSA) is 46.5 Å². The van der Waals surface area contributed by atoms with Crippen molar-refractivity contribution < 1.29 is 14.6 Å². The number of aliphatic hydroxyl groups excluding tert-OH is 1. The Bertz CT molecular complexity index is 235. The predicted molar refractivity (Wildman–Crippen MR) is 44.9 cm³/mol. The quantitative estimate of drug-likeness (QED) is 0.413. The minimum Gasteiger partial charge on any atom is -0.425 e. The third-order valence-corrected chi connectivity index (χ3v) is 1.10. The van der Waals surface area contributed by atoms with Gasteiger partial charge in [0.1, 0.15) is 12.4 Å². The summed E-state index contributed by atoms with van der Waals surface area (Å²) < 4.78 is 4.67. The van der Waals surface area contributed by atoms with Gasteiger partial charge in [-0.1, -0.05) is 18.2 Å². The zero-order chi connectivity index (χ0) is 8.10. The van der Waals surface area contributed by atoms with Crippen LogP contribution >= 0.6 is 0 Å². The molecular formula is C8H8KO3. The number of para-hydroxylation sites is 1. The van der Waals surface area contributed by atoms with Crippen LogP contribution in [0.15, 0.2) is 30.3 Å². The second-order valence-electron chi connectivity index (χ2n) is 1.95. The van der Waals surface area contributed by atoms with Gasteiger partial charge in [-0.05, 0) is 12.1 Å². The van der Waals surface area contributed by atoms with Crippen molar-refractivity contribution in [2.45, 2.75) is 0 Å². The average molecular weight is 191 g/mol. The molecule has 0 aromatic heterocycles. The SMILES string of the molecule is O=C(CO)Oc1ccccc1.[K]. The number of hydrogen-bond acceptors (Lipinski definition) is 3. The van der Waals surface area contributed by atoms with Gasteiger partial charge in [-0.15, -0.1) is 0 Å². The van der Waals surface area contributed by atoms with E-state index in [-0.39, 0.29) is 51.4 Å². The largest absolute Gasteiger partial charge is 0.425 e. The molecule has 0 amide bonds. The van der Waals surface area contributed by atoms with Gasteiger partial charge in [-0.3, -0.25) is 0 Å². The van der Waals surface area contributed by atoms with Crippen LogP contribution in [0.2, 0.25) is 0 Å². The van der Waals surface area contributed by atoms with Gasteiger partial charge in [0, 0.05) is 51.4 Å². The molecule has 1 radical (unpaired) electrons. The predicted octanol–water partition coefficient (Wildman–Crippen LogP) is 0.204. The number of rotatable bonds is 2. The molecule has 0 saturated carbocycles. The Balaban J connectivity index is 0.00000121. The van der Waals surface area contributed by atoms with Crippen molar-refractivity contribution >= 4 is 57.4 Å². The van der Waals surface area contributed by atoms with Gasteiger partial charge >= 0.3 is 5.97 Å². The second-order valence-corrected chi connectivity index (χ2v) is 1.95. The molecule has 0 fully saturated rings. The minimum atomic E-state index is -0.642. The van der Waals surface area contributed by atoms with E-state index in [1.165, 1.54) is 0 Å². The number of ether oxygens (including phenoxy) is 1. The molecule has 1 N–H and O–H groups in total. The molecule has 0 aliphatic rings. The van der Waals surface area contributed by atoms with Crippen molar-refractivity contribution in [3.8, 4) is 5.75 Å². The van der Waals surface area contributed by atoms with Crippen LogP contribution in [0.1, 0.15) is 0 Å². The summed E-state index contributed by atoms with van der Waals surface area (Å²) in [5, 5.41) is 8.32. The first kappa shape index (κ1) is 12.3. The van der Waals surface area contributed by atoms with Crippen LogP contribution in [0.3, 0.4) is 0 Å². The second kappa shape index (κ2) is 6.76. The van der Waals surface area contributed by atoms with E-state index >= 15 is 0 Å². The zero-order valence-corrected chi connectivity index (χ0v) is 9.98. The molecular weight excluding hydrogens is 183 g/mol. The van der Waals surface area contributed by atoms with Crippen LogP contribution in [-0.2, 0) is 4.79 Å². The minimum absolute atomic E-state index is 0. The summed E-state index contributed by atoms with van der Waals surface area (Å²) in [5.74, 6) is -0.192. The third kappa shape index (κ3) is 4.35. The maximum absolute atomic E-state index is 10.5. The molecule has 0 saturated heterocycles. The standard InChI is InChI=1S/C8H8O3.K/c9-6-8(10)11-7-4-2-1-3-5-7;/h1-5,9H,6H2;. The van der Waals surface area contributed by atoms with Crippen LogP contribution < -0.4 is 4.74 Å². The molecule has 12 heavy (non-hydrogen) atoms. The monoisotopic (exact) mass is 191 g/mol. The van der Waals surface area contributed by atoms with Crippen LogP contribution in [0, 0.1) is 0 Å². The average Bonchev–Trinajstić information content (AvgIpc) is 2.06. The van der Waals surface area contributed by atoms with Crippen LogP contribution in [0.4, 0.5) is 0 Å². The van der Waals surface area contributed by atoms with Crippen molar-refractivity contribution in [2.24, 2.45) is 0 Å². The van der Waals surface area contributed by atoms with E-state index in [0.717, 1.165) is 0 Å². The smallest absolute Gasteiger partial charge is 0.337 e. The Labute approximate surface area is 113 Å². The van der Waals surface area contributed by atoms with Crippen molar-refractivity contribution in [2.75, 3.05) is 6.61 Å². The molecule has 1 aromatic carbocycles. The van der Waals surface area contributed by atoms with Crippen molar-refractivity contribution in [3.05, 3.63) is 30.3 Å². The van der Waals surface area contributed by atoms with Gasteiger partial charge < -0.3 is 9.84 Å². The van der Waals surface area contributed by atoms with E-state index in [0.29, 0.717) is 5.75 Å². The van der Waals surface area contributed by atoms with E-state index in [9.17, 15) is 4.79 Å². The molecule has 0 atom stereocenters. The summed E-state index contributed by atoms with van der Waals surface area (Å²) >= 11 is 0. The molecule has 0 aliphatic carbocycles. The molecule has 59 valence electrons. The number of carbonyl (C=O) groups excluding carboxylic acids is 1. The first-order valence-corrected chi connectivity index (χ1v) is 3.19. The van der Waals surface area contributed by atoms with Gasteiger partial charge in [0.25, 0.3) is 0 Å². The molecule has 1 rings (SSSR count). The normalized spacial score (nSPS) is 8.42. The molecule has 0 unspecified atom stereocenters. The van der Waals surface area contributed by atoms with Crippen LogP contribution in [-0.4, -0.2) is 69.1 Å². The Morgan fingerprint density at radius 1 is 1.33 bits per heavy atom. The summed E-state index contributed by atoms with van der Waals surface area (Å²) in [7, 11) is 0. The van der Waals surface area contributed by atoms with Gasteiger partial charge in [0.2, 0.25) is 0 Å². The van der Waals surface area contributed by atoms with E-state index < -0.39 is 12.6 Å². The van der Waals surface area contributed by atoms with E-state index in [4.69, 9.17) is 5.11 Å². The molecule has 1 aromatic rings. The summed E-state index contributed by atoms with van der Waals surface area (Å²) in [6.07, 6.45) is 0. The molecule has 0 bridgehead atoms. The molecule has 0 spiro atoms. The van der Waals surface area contributed by atoms with Gasteiger partial charge in [0.15, 0.2) is 0 Å². The fourth-order valence-electron chi connectivity index (χ4n) is 0.652. The summed E-state index contributed by atoms with van der Waals surface area (Å²) in [6.45, 7) is -0.588. The Morgan fingerprint density at radius 2 is 1.92 bits per heavy atom. The zero-order valence-electron chi connectivity index (χ0n) is 6.86. The number of hydrogen-bond donors (Lipinski definition) is 1. The number of esters is 1. The number of carbonyl (C=O) groups is 1. The van der Waals surface area contributed by atoms with Gasteiger partial charge in [0.05, 0.1) is 0 Å². The van der Waals surface area contributed by atoms with E-state index in [1.807, 2.05) is 6.07 Å². The molecule has 0 heterocycles. The third-order valence-electron chi connectivity index (χ3n) is 1.10. The van der Waals surface area contributed by atoms with Gasteiger partial charge in [-0.25, -0.2) is 4.79 Å². The van der Waals surface area contributed by atoms with E-state index in [2.05, 4.69) is 4.74 Å². The van der Waals surface area contributed by atoms with Crippen molar-refractivity contribution in [1.82, 2.24) is 0 Å². The molecule has 3 nitrogen and oxygen atoms in total. The summed E-state index contributed by atoms with van der Waals surface area (Å²) in [5.41, 5.74) is 0. The summed E-state index contributed by atoms with van der Waals surface area (Å²) in [6, 6.07) is 8.61. The summed E-state index contributed by atoms with van der Waals surface area (Å²) in [4.78, 5) is 10.5. The Morgan fingerprint density at radius 3 is 2.42 bits per heavy atom. The molecule has 0 aliphatic heterocycles. The van der Waals surface area contributed by atoms with Crippen LogP contribution in [0.25, 0.3) is 0 Å². The van der Waals surface area contributed by atoms with Crippen molar-refractivity contribution in [1.29, 1.82) is 0 Å². The number of aliphatic hydroxyl groups is 1. The molecule has 4 heteroatoms. The fraction of sp³-hybridized carbons (Fsp3) is 0.125. The maximum Gasteiger partial charge on any atom is 0.337 e. The Kier molecular flexibility index (Phi) is 6.93.